The number of hydrogen-bond donors (Lipinski definition) is 0. The predicted octanol–water partition coefficient (Wildman–Crippen LogP) is 3.84. The molecule has 0 aliphatic carbocycles. The van der Waals surface area contributed by atoms with Crippen LogP contribution in [0.3, 0.4) is 0 Å². The number of carbonyl (C=O) groups excluding carboxylic acids is 1. The molecule has 8 heteroatoms. The molecule has 0 aliphatic rings. The molecular formula is C25H30N4O4. The molecule has 174 valence electrons. The number of esters is 1. The van der Waals surface area contributed by atoms with Gasteiger partial charge in [0.25, 0.3) is 0 Å². The first-order valence-corrected chi connectivity index (χ1v) is 11.1. The van der Waals surface area contributed by atoms with E-state index in [1.165, 1.54) is 7.11 Å². The Morgan fingerprint density at radius 1 is 1.06 bits per heavy atom. The van der Waals surface area contributed by atoms with Crippen molar-refractivity contribution < 1.29 is 14.3 Å². The highest BCUT2D eigenvalue weighted by atomic mass is 16.5. The van der Waals surface area contributed by atoms with E-state index in [0.717, 1.165) is 34.4 Å². The molecule has 0 N–H and O–H groups in total. The van der Waals surface area contributed by atoms with Crippen LogP contribution in [0.4, 0.5) is 0 Å². The quantitative estimate of drug-likeness (QED) is 0.381. The minimum Gasteiger partial charge on any atom is -0.465 e. The van der Waals surface area contributed by atoms with Gasteiger partial charge in [0.1, 0.15) is 5.82 Å². The first-order chi connectivity index (χ1) is 15.9. The van der Waals surface area contributed by atoms with Crippen LogP contribution in [0.25, 0.3) is 33.5 Å². The molecule has 8 nitrogen and oxygen atoms in total. The normalized spacial score (nSPS) is 11.7. The number of nitrogens with zero attached hydrogens (tertiary/aromatic N) is 4. The van der Waals surface area contributed by atoms with Crippen molar-refractivity contribution in [3.8, 4) is 11.4 Å². The minimum absolute atomic E-state index is 0.0365. The van der Waals surface area contributed by atoms with Gasteiger partial charge in [-0.25, -0.2) is 14.6 Å². The molecule has 2 aromatic heterocycles. The van der Waals surface area contributed by atoms with Crippen molar-refractivity contribution in [1.82, 2.24) is 18.7 Å². The Bertz CT molecular complexity index is 1380. The smallest absolute Gasteiger partial charge is 0.337 e. The Labute approximate surface area is 192 Å². The van der Waals surface area contributed by atoms with Crippen LogP contribution in [0.2, 0.25) is 0 Å². The van der Waals surface area contributed by atoms with Gasteiger partial charge in [0.05, 0.1) is 41.3 Å². The van der Waals surface area contributed by atoms with Crippen LogP contribution in [0, 0.1) is 5.92 Å². The summed E-state index contributed by atoms with van der Waals surface area (Å²) in [6.45, 7) is 6.03. The standard InChI is InChI=1S/C25H30N4O4/c1-16(2)11-12-29-22-18(7-6-8-21(22)27(3)25(29)31)23-26-19-15-17(24(30)33-5)9-10-20(19)28(23)13-14-32-4/h6-10,15-16H,11-14H2,1-5H3. The molecule has 0 amide bonds. The van der Waals surface area contributed by atoms with Gasteiger partial charge in [-0.2, -0.15) is 0 Å². The number of imidazole rings is 2. The maximum Gasteiger partial charge on any atom is 0.337 e. The number of methoxy groups -OCH3 is 2. The second kappa shape index (κ2) is 9.23. The van der Waals surface area contributed by atoms with Crippen molar-refractivity contribution in [3.05, 3.63) is 52.4 Å². The van der Waals surface area contributed by atoms with Crippen molar-refractivity contribution >= 4 is 28.0 Å². The fourth-order valence-electron chi connectivity index (χ4n) is 4.23. The second-order valence-electron chi connectivity index (χ2n) is 8.62. The van der Waals surface area contributed by atoms with E-state index in [1.54, 1.807) is 30.9 Å². The lowest BCUT2D eigenvalue weighted by Gasteiger charge is -2.12. The molecule has 0 atom stereocenters. The summed E-state index contributed by atoms with van der Waals surface area (Å²) in [6, 6.07) is 11.3. The average molecular weight is 451 g/mol. The van der Waals surface area contributed by atoms with Crippen molar-refractivity contribution in [3.63, 3.8) is 0 Å². The van der Waals surface area contributed by atoms with Crippen LogP contribution in [0.1, 0.15) is 30.6 Å². The van der Waals surface area contributed by atoms with E-state index in [9.17, 15) is 9.59 Å². The predicted molar refractivity (Wildman–Crippen MR) is 129 cm³/mol. The number of benzene rings is 2. The van der Waals surface area contributed by atoms with Crippen molar-refractivity contribution in [2.45, 2.75) is 33.4 Å². The molecule has 0 spiro atoms. The Hall–Kier alpha value is -3.39. The second-order valence-corrected chi connectivity index (χ2v) is 8.62. The van der Waals surface area contributed by atoms with Gasteiger partial charge in [-0.1, -0.05) is 19.9 Å². The summed E-state index contributed by atoms with van der Waals surface area (Å²) in [4.78, 5) is 30.1. The molecule has 33 heavy (non-hydrogen) atoms. The van der Waals surface area contributed by atoms with Gasteiger partial charge in [0, 0.05) is 32.8 Å². The van der Waals surface area contributed by atoms with Crippen LogP contribution in [-0.2, 0) is 29.6 Å². The number of ether oxygens (including phenoxy) is 2. The molecule has 0 fully saturated rings. The first kappa shape index (κ1) is 22.8. The summed E-state index contributed by atoms with van der Waals surface area (Å²) in [6.07, 6.45) is 0.899. The first-order valence-electron chi connectivity index (χ1n) is 11.1. The maximum absolute atomic E-state index is 13.1. The van der Waals surface area contributed by atoms with Crippen LogP contribution in [-0.4, -0.2) is 45.5 Å². The number of fused-ring (bicyclic) bond motifs is 2. The fraction of sp³-hybridized carbons (Fsp3) is 0.400. The van der Waals surface area contributed by atoms with Gasteiger partial charge in [-0.15, -0.1) is 0 Å². The third-order valence-electron chi connectivity index (χ3n) is 6.02. The lowest BCUT2D eigenvalue weighted by molar-refractivity contribution is 0.0601. The Morgan fingerprint density at radius 2 is 1.85 bits per heavy atom. The van der Waals surface area contributed by atoms with E-state index >= 15 is 0 Å². The van der Waals surface area contributed by atoms with Crippen LogP contribution >= 0.6 is 0 Å². The highest BCUT2D eigenvalue weighted by Gasteiger charge is 2.21. The summed E-state index contributed by atoms with van der Waals surface area (Å²) in [7, 11) is 4.83. The van der Waals surface area contributed by atoms with Gasteiger partial charge in [-0.05, 0) is 42.7 Å². The number of hydrogen-bond acceptors (Lipinski definition) is 5. The molecule has 0 saturated heterocycles. The summed E-state index contributed by atoms with van der Waals surface area (Å²) in [5.41, 5.74) is 4.59. The van der Waals surface area contributed by atoms with Gasteiger partial charge in [-0.3, -0.25) is 9.13 Å². The molecule has 0 saturated carbocycles. The van der Waals surface area contributed by atoms with E-state index in [0.29, 0.717) is 36.7 Å². The molecule has 0 radical (unpaired) electrons. The third kappa shape index (κ3) is 4.06. The summed E-state index contributed by atoms with van der Waals surface area (Å²) >= 11 is 0. The number of carbonyl (C=O) groups is 1. The van der Waals surface area contributed by atoms with E-state index < -0.39 is 5.97 Å². The minimum atomic E-state index is -0.405. The summed E-state index contributed by atoms with van der Waals surface area (Å²) in [5, 5.41) is 0. The molecule has 4 rings (SSSR count). The number of para-hydroxylation sites is 1. The Morgan fingerprint density at radius 3 is 2.55 bits per heavy atom. The summed E-state index contributed by atoms with van der Waals surface area (Å²) in [5.74, 6) is 0.804. The number of aromatic nitrogens is 4. The van der Waals surface area contributed by atoms with Crippen molar-refractivity contribution in [2.75, 3.05) is 20.8 Å². The van der Waals surface area contributed by atoms with Gasteiger partial charge >= 0.3 is 11.7 Å². The molecule has 0 unspecified atom stereocenters. The van der Waals surface area contributed by atoms with E-state index in [4.69, 9.17) is 14.5 Å². The van der Waals surface area contributed by atoms with Crippen LogP contribution in [0.5, 0.6) is 0 Å². The molecule has 0 aliphatic heterocycles. The number of aryl methyl sites for hydroxylation is 2. The average Bonchev–Trinajstić information content (AvgIpc) is 3.30. The van der Waals surface area contributed by atoms with Crippen molar-refractivity contribution in [1.29, 1.82) is 0 Å². The van der Waals surface area contributed by atoms with Gasteiger partial charge < -0.3 is 14.0 Å². The lowest BCUT2D eigenvalue weighted by Crippen LogP contribution is -2.23. The molecule has 2 heterocycles. The van der Waals surface area contributed by atoms with E-state index in [1.807, 2.05) is 28.8 Å². The third-order valence-corrected chi connectivity index (χ3v) is 6.02. The zero-order valence-corrected chi connectivity index (χ0v) is 19.8. The Balaban J connectivity index is 1.99. The summed E-state index contributed by atoms with van der Waals surface area (Å²) < 4.78 is 15.8. The van der Waals surface area contributed by atoms with Crippen LogP contribution < -0.4 is 5.69 Å². The fourth-order valence-corrected chi connectivity index (χ4v) is 4.23. The van der Waals surface area contributed by atoms with Crippen molar-refractivity contribution in [2.24, 2.45) is 13.0 Å². The zero-order valence-electron chi connectivity index (χ0n) is 19.8. The highest BCUT2D eigenvalue weighted by Crippen LogP contribution is 2.31. The van der Waals surface area contributed by atoms with Gasteiger partial charge in [0.2, 0.25) is 0 Å². The largest absolute Gasteiger partial charge is 0.465 e. The van der Waals surface area contributed by atoms with Gasteiger partial charge in [0.15, 0.2) is 0 Å². The lowest BCUT2D eigenvalue weighted by atomic mass is 10.1. The van der Waals surface area contributed by atoms with E-state index in [-0.39, 0.29) is 5.69 Å². The maximum atomic E-state index is 13.1. The SMILES string of the molecule is COCCn1c(-c2cccc3c2n(CCC(C)C)c(=O)n3C)nc2cc(C(=O)OC)ccc21. The van der Waals surface area contributed by atoms with Crippen LogP contribution in [0.15, 0.2) is 41.2 Å². The van der Waals surface area contributed by atoms with E-state index in [2.05, 4.69) is 18.4 Å². The topological polar surface area (TPSA) is 80.3 Å². The zero-order chi connectivity index (χ0) is 23.7. The molecular weight excluding hydrogens is 420 g/mol. The molecule has 0 bridgehead atoms. The highest BCUT2D eigenvalue weighted by molar-refractivity contribution is 5.96. The molecule has 2 aromatic carbocycles. The Kier molecular flexibility index (Phi) is 6.37. The molecule has 4 aromatic rings. The number of rotatable bonds is 8. The monoisotopic (exact) mass is 450 g/mol.